The number of hydrogen-bond acceptors (Lipinski definition) is 21. The molecule has 10 rings (SSSR count). The Morgan fingerprint density at radius 3 is 1.43 bits per heavy atom. The highest BCUT2D eigenvalue weighted by Crippen LogP contribution is 2.44. The van der Waals surface area contributed by atoms with Gasteiger partial charge in [-0.15, -0.1) is 20.4 Å². The number of aromatic hydroxyl groups is 1. The normalized spacial score (nSPS) is 13.2. The number of aromatic nitrogens is 3. The first-order valence-corrected chi connectivity index (χ1v) is 31.1. The second-order valence-corrected chi connectivity index (χ2v) is 25.7. The SMILES string of the molecule is Cc1cc(N=Nc2cc(C)c(N=Nc3c(S(=O)(=O)O)cc4cc(-n5nc6cc(S(=O)(=O)O)c7ccccc7c6n5)ccc4c3O)cc2C)ccc1N=Nc1ccc(N=Nc2cc3c(S(=O)(=O)O)cc(S(=O)(=O)O)cc3cc2S(=O)(=O)O)c(C)c1. The summed E-state index contributed by atoms with van der Waals surface area (Å²) in [5.74, 6) is -0.622. The van der Waals surface area contributed by atoms with Gasteiger partial charge in [0.15, 0.2) is 5.75 Å². The summed E-state index contributed by atoms with van der Waals surface area (Å²) in [6.45, 7) is 6.81. The number of fused-ring (bicyclic) bond motifs is 5. The van der Waals surface area contributed by atoms with Gasteiger partial charge in [0.25, 0.3) is 50.6 Å². The molecule has 0 aliphatic rings. The van der Waals surface area contributed by atoms with E-state index in [1.54, 1.807) is 82.3 Å². The molecule has 0 fully saturated rings. The average molecular weight is 1230 g/mol. The van der Waals surface area contributed by atoms with Gasteiger partial charge in [0, 0.05) is 21.5 Å². The van der Waals surface area contributed by atoms with Crippen LogP contribution in [0.2, 0.25) is 0 Å². The van der Waals surface area contributed by atoms with Crippen molar-refractivity contribution in [3.8, 4) is 11.4 Å². The van der Waals surface area contributed by atoms with E-state index in [0.29, 0.717) is 68.0 Å². The number of azo groups is 4. The van der Waals surface area contributed by atoms with Crippen molar-refractivity contribution in [3.63, 3.8) is 0 Å². The monoisotopic (exact) mass is 1230 g/mol. The van der Waals surface area contributed by atoms with Crippen molar-refractivity contribution < 1.29 is 70.0 Å². The summed E-state index contributed by atoms with van der Waals surface area (Å²) < 4.78 is 172. The average Bonchev–Trinajstić information content (AvgIpc) is 2.17. The van der Waals surface area contributed by atoms with Crippen molar-refractivity contribution in [3.05, 3.63) is 150 Å². The Hall–Kier alpha value is -9.09. The van der Waals surface area contributed by atoms with Gasteiger partial charge >= 0.3 is 0 Å². The number of nitrogens with zero attached hydrogens (tertiary/aromatic N) is 11. The van der Waals surface area contributed by atoms with E-state index in [4.69, 9.17) is 0 Å². The van der Waals surface area contributed by atoms with Crippen LogP contribution in [0.3, 0.4) is 0 Å². The first-order chi connectivity index (χ1) is 39.3. The van der Waals surface area contributed by atoms with Gasteiger partial charge in [-0.2, -0.15) is 77.6 Å². The molecule has 0 saturated carbocycles. The van der Waals surface area contributed by atoms with Gasteiger partial charge in [-0.25, -0.2) is 0 Å². The third-order valence-electron chi connectivity index (χ3n) is 12.9. The van der Waals surface area contributed by atoms with E-state index in [-0.39, 0.29) is 43.6 Å². The number of hydrogen-bond donors (Lipinski definition) is 6. The molecule has 428 valence electrons. The predicted molar refractivity (Wildman–Crippen MR) is 304 cm³/mol. The lowest BCUT2D eigenvalue weighted by Gasteiger charge is -2.10. The van der Waals surface area contributed by atoms with Crippen LogP contribution < -0.4 is 0 Å². The standard InChI is InChI=1S/C52H39N11O16S5/c1-26-15-33(9-13-40(26)55-53-32-10-14-41(27(2)16-32)56-59-44-24-39-31(21-48(44)83(74,75)76)20-35(80(65,66)67)23-46(39)81(68,69)70)54-57-42-17-29(4)43(18-28(42)3)58-60-51-49(84(77,78)79)22-30-19-34(11-12-36(30)52(51)64)63-61-45-25-47(82(71,72)73)37-7-5-6-8-38(37)50(45)62-63/h5-25,64H,1-4H3,(H,65,66,67)(H,68,69,70)(H,71,72,73)(H,74,75,76)(H,77,78,79). The van der Waals surface area contributed by atoms with Gasteiger partial charge in [0.2, 0.25) is 0 Å². The summed E-state index contributed by atoms with van der Waals surface area (Å²) in [5, 5.41) is 54.1. The molecule has 0 aliphatic carbocycles. The van der Waals surface area contributed by atoms with Crippen molar-refractivity contribution >= 4 is 139 Å². The lowest BCUT2D eigenvalue weighted by Crippen LogP contribution is -2.05. The summed E-state index contributed by atoms with van der Waals surface area (Å²) >= 11 is 0. The van der Waals surface area contributed by atoms with Gasteiger partial charge in [-0.1, -0.05) is 24.3 Å². The highest BCUT2D eigenvalue weighted by molar-refractivity contribution is 7.87. The number of aryl methyl sites for hydroxylation is 4. The Bertz CT molecular complexity index is 5250. The fourth-order valence-corrected chi connectivity index (χ4v) is 12.2. The van der Waals surface area contributed by atoms with E-state index in [0.717, 1.165) is 18.2 Å². The fraction of sp³-hybridized carbons (Fsp3) is 0.0769. The third-order valence-corrected chi connectivity index (χ3v) is 17.3. The maximum absolute atomic E-state index is 12.8. The summed E-state index contributed by atoms with van der Waals surface area (Å²) in [6.07, 6.45) is 0. The van der Waals surface area contributed by atoms with Crippen LogP contribution in [-0.4, -0.2) is 85.0 Å². The zero-order valence-corrected chi connectivity index (χ0v) is 47.4. The molecule has 0 unspecified atom stereocenters. The first-order valence-electron chi connectivity index (χ1n) is 23.9. The molecule has 0 bridgehead atoms. The molecule has 0 atom stereocenters. The quantitative estimate of drug-likeness (QED) is 0.0435. The lowest BCUT2D eigenvalue weighted by molar-refractivity contribution is 0.472. The van der Waals surface area contributed by atoms with Crippen LogP contribution in [0.25, 0.3) is 49.0 Å². The molecule has 0 radical (unpaired) electrons. The van der Waals surface area contributed by atoms with E-state index in [9.17, 15) is 70.0 Å². The van der Waals surface area contributed by atoms with E-state index < -0.39 is 98.1 Å². The molecule has 32 heteroatoms. The number of benzene rings is 9. The Labute approximate surface area is 475 Å². The molecular formula is C52H39N11O16S5. The third kappa shape index (κ3) is 11.8. The van der Waals surface area contributed by atoms with Crippen LogP contribution in [-0.2, 0) is 50.6 Å². The Morgan fingerprint density at radius 2 is 0.869 bits per heavy atom. The molecule has 1 aromatic heterocycles. The minimum atomic E-state index is -5.16. The molecule has 84 heavy (non-hydrogen) atoms. The van der Waals surface area contributed by atoms with Crippen molar-refractivity contribution in [2.45, 2.75) is 52.2 Å². The van der Waals surface area contributed by atoms with Gasteiger partial charge in [0.1, 0.15) is 42.0 Å². The van der Waals surface area contributed by atoms with Crippen molar-refractivity contribution in [1.29, 1.82) is 0 Å². The summed E-state index contributed by atoms with van der Waals surface area (Å²) in [5.41, 5.74) is 3.96. The van der Waals surface area contributed by atoms with E-state index in [1.165, 1.54) is 47.3 Å². The Morgan fingerprint density at radius 1 is 0.381 bits per heavy atom. The van der Waals surface area contributed by atoms with Gasteiger partial charge in [0.05, 0.1) is 44.7 Å². The van der Waals surface area contributed by atoms with Crippen LogP contribution in [0, 0.1) is 27.7 Å². The molecular weight excluding hydrogens is 1190 g/mol. The molecule has 27 nitrogen and oxygen atoms in total. The summed E-state index contributed by atoms with van der Waals surface area (Å²) in [4.78, 5) is -2.85. The summed E-state index contributed by atoms with van der Waals surface area (Å²) in [6, 6.07) is 28.7. The molecule has 0 aliphatic heterocycles. The van der Waals surface area contributed by atoms with Gasteiger partial charge < -0.3 is 5.11 Å². The molecule has 0 saturated heterocycles. The van der Waals surface area contributed by atoms with Crippen molar-refractivity contribution in [2.24, 2.45) is 40.9 Å². The number of rotatable bonds is 14. The Balaban J connectivity index is 0.850. The van der Waals surface area contributed by atoms with Crippen LogP contribution in [0.5, 0.6) is 5.75 Å². The zero-order chi connectivity index (χ0) is 60.6. The van der Waals surface area contributed by atoms with Gasteiger partial charge in [-0.05, 0) is 164 Å². The molecule has 10 aromatic rings. The minimum absolute atomic E-state index is 0.120. The van der Waals surface area contributed by atoms with E-state index >= 15 is 0 Å². The van der Waals surface area contributed by atoms with Crippen molar-refractivity contribution in [2.75, 3.05) is 0 Å². The van der Waals surface area contributed by atoms with Crippen LogP contribution >= 0.6 is 0 Å². The highest BCUT2D eigenvalue weighted by Gasteiger charge is 2.27. The molecule has 0 amide bonds. The molecule has 6 N–H and O–H groups in total. The van der Waals surface area contributed by atoms with E-state index in [2.05, 4.69) is 51.1 Å². The number of phenolic OH excluding ortho intramolecular Hbond substituents is 1. The molecule has 0 spiro atoms. The fourth-order valence-electron chi connectivity index (χ4n) is 8.83. The zero-order valence-electron chi connectivity index (χ0n) is 43.4. The van der Waals surface area contributed by atoms with E-state index in [1.807, 2.05) is 0 Å². The minimum Gasteiger partial charge on any atom is -0.505 e. The second-order valence-electron chi connectivity index (χ2n) is 18.8. The van der Waals surface area contributed by atoms with Gasteiger partial charge in [-0.3, -0.25) is 22.8 Å². The topological polar surface area (TPSA) is 422 Å². The first kappa shape index (κ1) is 58.1. The predicted octanol–water partition coefficient (Wildman–Crippen LogP) is 12.7. The van der Waals surface area contributed by atoms with Crippen LogP contribution in [0.1, 0.15) is 22.3 Å². The summed E-state index contributed by atoms with van der Waals surface area (Å²) in [7, 11) is -25.0. The Kier molecular flexibility index (Phi) is 14.7. The van der Waals surface area contributed by atoms with Crippen molar-refractivity contribution in [1.82, 2.24) is 15.0 Å². The maximum atomic E-state index is 12.8. The largest absolute Gasteiger partial charge is 0.505 e. The second kappa shape index (κ2) is 21.3. The molecule has 1 heterocycles. The number of phenols is 1. The maximum Gasteiger partial charge on any atom is 0.296 e. The lowest BCUT2D eigenvalue weighted by atomic mass is 10.1. The highest BCUT2D eigenvalue weighted by atomic mass is 32.2. The smallest absolute Gasteiger partial charge is 0.296 e. The van der Waals surface area contributed by atoms with Crippen LogP contribution in [0.15, 0.2) is 193 Å². The van der Waals surface area contributed by atoms with Crippen LogP contribution in [0.4, 0.5) is 45.5 Å². The molecule has 9 aromatic carbocycles.